The van der Waals surface area contributed by atoms with Gasteiger partial charge in [0.15, 0.2) is 11.5 Å². The van der Waals surface area contributed by atoms with E-state index in [1.165, 1.54) is 5.01 Å². The fraction of sp³-hybridized carbons (Fsp3) is 0.476. The number of carbonyl (C=O) groups excluding carboxylic acids is 1. The first-order chi connectivity index (χ1) is 14.2. The molecule has 0 aliphatic heterocycles. The molecule has 1 aromatic rings. The van der Waals surface area contributed by atoms with Gasteiger partial charge in [0, 0.05) is 44.8 Å². The van der Waals surface area contributed by atoms with Crippen LogP contribution < -0.4 is 37.4 Å². The quantitative estimate of drug-likeness (QED) is 0.282. The van der Waals surface area contributed by atoms with E-state index in [4.69, 9.17) is 26.8 Å². The Bertz CT molecular complexity index is 717. The molecule has 9 heteroatoms. The molecule has 1 rings (SSSR count). The van der Waals surface area contributed by atoms with E-state index in [0.717, 1.165) is 24.1 Å². The van der Waals surface area contributed by atoms with Crippen molar-refractivity contribution in [2.24, 2.45) is 17.3 Å². The van der Waals surface area contributed by atoms with Crippen molar-refractivity contribution < 1.29 is 14.3 Å². The summed E-state index contributed by atoms with van der Waals surface area (Å²) in [5, 5.41) is 6.89. The maximum atomic E-state index is 11.8. The minimum absolute atomic E-state index is 0.172. The van der Waals surface area contributed by atoms with Crippen LogP contribution in [0.5, 0.6) is 11.5 Å². The number of amides is 1. The summed E-state index contributed by atoms with van der Waals surface area (Å²) in [6.45, 7) is 6.69. The van der Waals surface area contributed by atoms with Crippen molar-refractivity contribution >= 4 is 5.91 Å². The molecular formula is C21H38N6O3. The number of carbonyl (C=O) groups is 1. The lowest BCUT2D eigenvalue weighted by Gasteiger charge is -2.16. The van der Waals surface area contributed by atoms with E-state index in [9.17, 15) is 4.79 Å². The Morgan fingerprint density at radius 1 is 1.17 bits per heavy atom. The van der Waals surface area contributed by atoms with Gasteiger partial charge in [-0.25, -0.2) is 5.84 Å². The number of benzene rings is 1. The second kappa shape index (κ2) is 14.9. The molecule has 30 heavy (non-hydrogen) atoms. The third kappa shape index (κ3) is 10.5. The molecule has 0 saturated carbocycles. The Balaban J connectivity index is 0.000000890. The predicted octanol–water partition coefficient (Wildman–Crippen LogP) is 1.54. The molecule has 1 amide bonds. The zero-order chi connectivity index (χ0) is 23.1. The lowest BCUT2D eigenvalue weighted by molar-refractivity contribution is 0.0962. The summed E-state index contributed by atoms with van der Waals surface area (Å²) in [7, 11) is 5.09. The number of ether oxygens (including phenoxy) is 2. The van der Waals surface area contributed by atoms with Gasteiger partial charge in [0.1, 0.15) is 6.61 Å². The first-order valence-electron chi connectivity index (χ1n) is 9.87. The Morgan fingerprint density at radius 2 is 1.83 bits per heavy atom. The molecule has 0 heterocycles. The summed E-state index contributed by atoms with van der Waals surface area (Å²) in [6.07, 6.45) is 5.08. The van der Waals surface area contributed by atoms with Gasteiger partial charge < -0.3 is 36.6 Å². The van der Waals surface area contributed by atoms with Crippen LogP contribution in [-0.4, -0.2) is 45.3 Å². The third-order valence-electron chi connectivity index (χ3n) is 3.68. The minimum atomic E-state index is -0.172. The number of hydrogen-bond donors (Lipinski definition) is 5. The summed E-state index contributed by atoms with van der Waals surface area (Å²) in [5.41, 5.74) is 13.9. The molecule has 0 radical (unpaired) electrons. The largest absolute Gasteiger partial charge is 0.489 e. The molecule has 0 aliphatic carbocycles. The second-order valence-electron chi connectivity index (χ2n) is 6.57. The first kappa shape index (κ1) is 26.9. The zero-order valence-electron chi connectivity index (χ0n) is 19.0. The highest BCUT2D eigenvalue weighted by atomic mass is 16.5. The van der Waals surface area contributed by atoms with Crippen LogP contribution in [0.1, 0.15) is 42.6 Å². The maximum Gasteiger partial charge on any atom is 0.251 e. The third-order valence-corrected chi connectivity index (χ3v) is 3.68. The molecule has 0 unspecified atom stereocenters. The Labute approximate surface area is 180 Å². The fourth-order valence-electron chi connectivity index (χ4n) is 2.25. The molecule has 1 aromatic carbocycles. The van der Waals surface area contributed by atoms with Gasteiger partial charge >= 0.3 is 0 Å². The highest BCUT2D eigenvalue weighted by Gasteiger charge is 2.14. The predicted molar refractivity (Wildman–Crippen MR) is 122 cm³/mol. The van der Waals surface area contributed by atoms with Crippen molar-refractivity contribution in [3.05, 3.63) is 47.1 Å². The summed E-state index contributed by atoms with van der Waals surface area (Å²) >= 11 is 0. The molecule has 0 atom stereocenters. The van der Waals surface area contributed by atoms with Gasteiger partial charge in [-0.05, 0) is 37.5 Å². The molecule has 0 saturated heterocycles. The summed E-state index contributed by atoms with van der Waals surface area (Å²) < 4.78 is 11.5. The van der Waals surface area contributed by atoms with Crippen molar-refractivity contribution in [1.82, 2.24) is 15.6 Å². The van der Waals surface area contributed by atoms with Gasteiger partial charge in [-0.3, -0.25) is 4.79 Å². The van der Waals surface area contributed by atoms with E-state index in [0.29, 0.717) is 29.4 Å². The molecule has 0 fully saturated rings. The molecule has 8 N–H and O–H groups in total. The summed E-state index contributed by atoms with van der Waals surface area (Å²) in [6, 6.07) is 3.45. The second-order valence-corrected chi connectivity index (χ2v) is 6.57. The number of nitrogens with two attached hydrogens (primary N) is 3. The molecule has 0 spiro atoms. The SMILES string of the molecule is CC/C(N)=C/N(C)N.CCCOc1c(C)cc(C(=O)NC)cc1OC/C(N)=C/NC. The van der Waals surface area contributed by atoms with Crippen LogP contribution in [-0.2, 0) is 0 Å². The fourth-order valence-corrected chi connectivity index (χ4v) is 2.25. The maximum absolute atomic E-state index is 11.8. The standard InChI is InChI=1S/C16H25N3O3.C5H13N3/c1-5-6-21-15-11(2)7-12(16(20)19-4)8-14(15)22-10-13(17)9-18-3;1-3-5(6)4-8(2)7/h7-9,18H,5-6,10,17H2,1-4H3,(H,19,20);4H,3,6-7H2,1-2H3/b13-9-;5-4-. The number of hydrazine groups is 1. The number of nitrogens with one attached hydrogen (secondary N) is 2. The average molecular weight is 423 g/mol. The topological polar surface area (TPSA) is 141 Å². The highest BCUT2D eigenvalue weighted by molar-refractivity contribution is 5.95. The Hall–Kier alpha value is -3.07. The Kier molecular flexibility index (Phi) is 13.3. The first-order valence-corrected chi connectivity index (χ1v) is 9.87. The van der Waals surface area contributed by atoms with E-state index >= 15 is 0 Å². The minimum Gasteiger partial charge on any atom is -0.489 e. The summed E-state index contributed by atoms with van der Waals surface area (Å²) in [4.78, 5) is 11.8. The number of allylic oxidation sites excluding steroid dienone is 1. The lowest BCUT2D eigenvalue weighted by atomic mass is 10.1. The van der Waals surface area contributed by atoms with Crippen molar-refractivity contribution in [3.8, 4) is 11.5 Å². The average Bonchev–Trinajstić information content (AvgIpc) is 2.70. The van der Waals surface area contributed by atoms with Gasteiger partial charge in [-0.1, -0.05) is 13.8 Å². The number of hydrogen-bond acceptors (Lipinski definition) is 8. The monoisotopic (exact) mass is 422 g/mol. The molecule has 170 valence electrons. The van der Waals surface area contributed by atoms with Crippen molar-refractivity contribution in [2.45, 2.75) is 33.6 Å². The van der Waals surface area contributed by atoms with Crippen molar-refractivity contribution in [1.29, 1.82) is 0 Å². The number of aryl methyl sites for hydroxylation is 1. The van der Waals surface area contributed by atoms with E-state index in [1.54, 1.807) is 45.7 Å². The van der Waals surface area contributed by atoms with Gasteiger partial charge in [0.25, 0.3) is 5.91 Å². The van der Waals surface area contributed by atoms with Crippen LogP contribution in [0, 0.1) is 6.92 Å². The zero-order valence-corrected chi connectivity index (χ0v) is 19.0. The van der Waals surface area contributed by atoms with E-state index < -0.39 is 0 Å². The normalized spacial score (nSPS) is 11.2. The van der Waals surface area contributed by atoms with Crippen LogP contribution in [0.4, 0.5) is 0 Å². The summed E-state index contributed by atoms with van der Waals surface area (Å²) in [5.74, 6) is 6.23. The van der Waals surface area contributed by atoms with Gasteiger partial charge in [-0.15, -0.1) is 0 Å². The van der Waals surface area contributed by atoms with Crippen molar-refractivity contribution in [3.63, 3.8) is 0 Å². The van der Waals surface area contributed by atoms with Crippen molar-refractivity contribution in [2.75, 3.05) is 34.4 Å². The van der Waals surface area contributed by atoms with E-state index in [2.05, 4.69) is 10.6 Å². The lowest BCUT2D eigenvalue weighted by Crippen LogP contribution is -2.20. The van der Waals surface area contributed by atoms with Crippen LogP contribution in [0.15, 0.2) is 35.9 Å². The van der Waals surface area contributed by atoms with Crippen LogP contribution in [0.2, 0.25) is 0 Å². The van der Waals surface area contributed by atoms with Gasteiger partial charge in [0.05, 0.1) is 12.3 Å². The van der Waals surface area contributed by atoms with Gasteiger partial charge in [0.2, 0.25) is 0 Å². The van der Waals surface area contributed by atoms with Crippen LogP contribution >= 0.6 is 0 Å². The molecule has 0 bridgehead atoms. The van der Waals surface area contributed by atoms with E-state index in [1.807, 2.05) is 20.8 Å². The van der Waals surface area contributed by atoms with Crippen LogP contribution in [0.3, 0.4) is 0 Å². The smallest absolute Gasteiger partial charge is 0.251 e. The molecule has 0 aromatic heterocycles. The number of rotatable bonds is 10. The molecular weight excluding hydrogens is 384 g/mol. The molecule has 0 aliphatic rings. The van der Waals surface area contributed by atoms with Gasteiger partial charge in [-0.2, -0.15) is 0 Å². The molecule has 9 nitrogen and oxygen atoms in total. The Morgan fingerprint density at radius 3 is 2.30 bits per heavy atom. The number of nitrogens with zero attached hydrogens (tertiary/aromatic N) is 1. The highest BCUT2D eigenvalue weighted by Crippen LogP contribution is 2.33. The van der Waals surface area contributed by atoms with Crippen LogP contribution in [0.25, 0.3) is 0 Å². The van der Waals surface area contributed by atoms with E-state index in [-0.39, 0.29) is 12.5 Å².